The van der Waals surface area contributed by atoms with Gasteiger partial charge in [-0.05, 0) is 38.3 Å². The quantitative estimate of drug-likeness (QED) is 0.442. The van der Waals surface area contributed by atoms with E-state index in [2.05, 4.69) is 21.2 Å². The molecule has 0 saturated heterocycles. The van der Waals surface area contributed by atoms with E-state index in [1.807, 2.05) is 44.2 Å². The van der Waals surface area contributed by atoms with Gasteiger partial charge in [-0.15, -0.1) is 11.3 Å². The van der Waals surface area contributed by atoms with Crippen LogP contribution in [0.5, 0.6) is 0 Å². The van der Waals surface area contributed by atoms with Crippen LogP contribution in [0.4, 0.5) is 0 Å². The van der Waals surface area contributed by atoms with Gasteiger partial charge >= 0.3 is 0 Å². The van der Waals surface area contributed by atoms with Gasteiger partial charge < -0.3 is 4.90 Å². The van der Waals surface area contributed by atoms with Gasteiger partial charge in [0.25, 0.3) is 5.56 Å². The molecule has 1 amide bonds. The summed E-state index contributed by atoms with van der Waals surface area (Å²) in [5, 5.41) is 8.13. The number of hydrogen-bond donors (Lipinski definition) is 1. The molecule has 4 rings (SSSR count). The van der Waals surface area contributed by atoms with Crippen molar-refractivity contribution in [2.75, 3.05) is 13.6 Å². The minimum absolute atomic E-state index is 0.0183. The molecule has 3 aromatic heterocycles. The number of aromatic nitrogens is 4. The van der Waals surface area contributed by atoms with Crippen molar-refractivity contribution >= 4 is 27.5 Å². The topological polar surface area (TPSA) is 83.9 Å². The van der Waals surface area contributed by atoms with Crippen molar-refractivity contribution in [3.63, 3.8) is 0 Å². The summed E-state index contributed by atoms with van der Waals surface area (Å²) in [4.78, 5) is 33.3. The lowest BCUT2D eigenvalue weighted by molar-refractivity contribution is -0.130. The minimum Gasteiger partial charge on any atom is -0.346 e. The summed E-state index contributed by atoms with van der Waals surface area (Å²) in [5.74, 6) is 0.0183. The zero-order valence-electron chi connectivity index (χ0n) is 18.6. The number of aromatic amines is 1. The van der Waals surface area contributed by atoms with E-state index in [9.17, 15) is 9.59 Å². The third-order valence-electron chi connectivity index (χ3n) is 5.79. The number of carbonyl (C=O) groups is 1. The molecule has 4 aromatic rings. The van der Waals surface area contributed by atoms with Gasteiger partial charge in [-0.1, -0.05) is 30.3 Å². The van der Waals surface area contributed by atoms with Crippen LogP contribution in [0.2, 0.25) is 0 Å². The van der Waals surface area contributed by atoms with Gasteiger partial charge in [0.15, 0.2) is 0 Å². The number of fused-ring (bicyclic) bond motifs is 1. The highest BCUT2D eigenvalue weighted by Gasteiger charge is 2.14. The number of H-pyrrole nitrogens is 1. The molecule has 0 bridgehead atoms. The van der Waals surface area contributed by atoms with Crippen LogP contribution in [0.25, 0.3) is 21.5 Å². The van der Waals surface area contributed by atoms with Crippen molar-refractivity contribution in [1.82, 2.24) is 24.6 Å². The predicted molar refractivity (Wildman–Crippen MR) is 128 cm³/mol. The van der Waals surface area contributed by atoms with Gasteiger partial charge in [-0.25, -0.2) is 4.98 Å². The van der Waals surface area contributed by atoms with E-state index in [0.717, 1.165) is 45.1 Å². The van der Waals surface area contributed by atoms with Crippen molar-refractivity contribution < 1.29 is 4.79 Å². The molecule has 1 N–H and O–H groups in total. The second-order valence-electron chi connectivity index (χ2n) is 8.02. The predicted octanol–water partition coefficient (Wildman–Crippen LogP) is 3.95. The van der Waals surface area contributed by atoms with Crippen LogP contribution in [0.1, 0.15) is 29.0 Å². The summed E-state index contributed by atoms with van der Waals surface area (Å²) in [5.41, 5.74) is 3.97. The first-order valence-corrected chi connectivity index (χ1v) is 11.5. The summed E-state index contributed by atoms with van der Waals surface area (Å²) in [7, 11) is 1.81. The molecule has 8 heteroatoms. The zero-order valence-corrected chi connectivity index (χ0v) is 19.4. The Morgan fingerprint density at radius 3 is 2.78 bits per heavy atom. The fourth-order valence-corrected chi connectivity index (χ4v) is 4.70. The largest absolute Gasteiger partial charge is 0.346 e. The van der Waals surface area contributed by atoms with Crippen LogP contribution in [-0.4, -0.2) is 44.1 Å². The number of rotatable bonds is 8. The van der Waals surface area contributed by atoms with Crippen LogP contribution < -0.4 is 5.56 Å². The van der Waals surface area contributed by atoms with Gasteiger partial charge in [0.1, 0.15) is 4.83 Å². The smallest absolute Gasteiger partial charge is 0.262 e. The first kappa shape index (κ1) is 22.0. The minimum atomic E-state index is -0.0687. The molecule has 0 radical (unpaired) electrons. The van der Waals surface area contributed by atoms with E-state index >= 15 is 0 Å². The molecule has 0 aliphatic carbocycles. The maximum absolute atomic E-state index is 12.8. The van der Waals surface area contributed by atoms with Crippen LogP contribution in [0.3, 0.4) is 0 Å². The average Bonchev–Trinajstić information content (AvgIpc) is 3.38. The maximum atomic E-state index is 12.8. The standard InChI is InChI=1S/C24H27N5O2S/c1-16-17(2)32-23-22(16)24(31)29(15-25-23)13-11-21(30)28(3)12-7-10-19-14-20(27-26-19)18-8-5-4-6-9-18/h4-6,8-9,14-15H,7,10-13H2,1-3H3,(H,26,27). The van der Waals surface area contributed by atoms with E-state index in [-0.39, 0.29) is 17.9 Å². The van der Waals surface area contributed by atoms with Gasteiger partial charge in [-0.2, -0.15) is 5.10 Å². The highest BCUT2D eigenvalue weighted by molar-refractivity contribution is 7.18. The summed E-state index contributed by atoms with van der Waals surface area (Å²) in [6.07, 6.45) is 3.47. The lowest BCUT2D eigenvalue weighted by atomic mass is 10.1. The highest BCUT2D eigenvalue weighted by atomic mass is 32.1. The average molecular weight is 450 g/mol. The van der Waals surface area contributed by atoms with Crippen molar-refractivity contribution in [3.05, 3.63) is 69.2 Å². The number of benzene rings is 1. The summed E-state index contributed by atoms with van der Waals surface area (Å²) < 4.78 is 1.54. The molecule has 0 saturated carbocycles. The summed E-state index contributed by atoms with van der Waals surface area (Å²) >= 11 is 1.53. The molecule has 1 aromatic carbocycles. The molecule has 0 aliphatic heterocycles. The van der Waals surface area contributed by atoms with Gasteiger partial charge in [-0.3, -0.25) is 19.3 Å². The van der Waals surface area contributed by atoms with Crippen LogP contribution in [0, 0.1) is 13.8 Å². The van der Waals surface area contributed by atoms with E-state index in [4.69, 9.17) is 0 Å². The number of aryl methyl sites for hydroxylation is 4. The SMILES string of the molecule is Cc1sc2ncn(CCC(=O)N(C)CCCc3cc(-c4ccccc4)n[nH]3)c(=O)c2c1C. The fourth-order valence-electron chi connectivity index (χ4n) is 3.71. The first-order chi connectivity index (χ1) is 15.4. The molecule has 0 atom stereocenters. The molecule has 0 unspecified atom stereocenters. The Balaban J connectivity index is 1.28. The molecule has 0 spiro atoms. The summed E-state index contributed by atoms with van der Waals surface area (Å²) in [6.45, 7) is 4.92. The lowest BCUT2D eigenvalue weighted by Gasteiger charge is -2.17. The second kappa shape index (κ2) is 9.48. The molecule has 0 aliphatic rings. The lowest BCUT2D eigenvalue weighted by Crippen LogP contribution is -2.30. The monoisotopic (exact) mass is 449 g/mol. The van der Waals surface area contributed by atoms with Crippen LogP contribution in [-0.2, 0) is 17.8 Å². The third kappa shape index (κ3) is 4.65. The summed E-state index contributed by atoms with van der Waals surface area (Å²) in [6, 6.07) is 12.1. The Morgan fingerprint density at radius 1 is 1.22 bits per heavy atom. The third-order valence-corrected chi connectivity index (χ3v) is 6.90. The van der Waals surface area contributed by atoms with E-state index in [1.165, 1.54) is 11.3 Å². The van der Waals surface area contributed by atoms with Crippen molar-refractivity contribution in [1.29, 1.82) is 0 Å². The fraction of sp³-hybridized carbons (Fsp3) is 0.333. The Morgan fingerprint density at radius 2 is 2.00 bits per heavy atom. The number of nitrogens with one attached hydrogen (secondary N) is 1. The van der Waals surface area contributed by atoms with E-state index in [1.54, 1.807) is 22.8 Å². The molecule has 3 heterocycles. The van der Waals surface area contributed by atoms with Crippen molar-refractivity contribution in [2.24, 2.45) is 0 Å². The Kier molecular flexibility index (Phi) is 6.50. The van der Waals surface area contributed by atoms with Crippen LogP contribution >= 0.6 is 11.3 Å². The van der Waals surface area contributed by atoms with Gasteiger partial charge in [0, 0.05) is 42.7 Å². The molecule has 32 heavy (non-hydrogen) atoms. The number of nitrogens with zero attached hydrogens (tertiary/aromatic N) is 4. The number of carbonyl (C=O) groups excluding carboxylic acids is 1. The Hall–Kier alpha value is -3.26. The van der Waals surface area contributed by atoms with E-state index < -0.39 is 0 Å². The molecule has 7 nitrogen and oxygen atoms in total. The Bertz CT molecular complexity index is 1290. The van der Waals surface area contributed by atoms with Gasteiger partial charge in [0.2, 0.25) is 5.91 Å². The zero-order chi connectivity index (χ0) is 22.7. The van der Waals surface area contributed by atoms with Gasteiger partial charge in [0.05, 0.1) is 17.4 Å². The normalized spacial score (nSPS) is 11.2. The number of thiophene rings is 1. The molecular weight excluding hydrogens is 422 g/mol. The Labute approximate surface area is 190 Å². The number of amides is 1. The maximum Gasteiger partial charge on any atom is 0.262 e. The first-order valence-electron chi connectivity index (χ1n) is 10.7. The highest BCUT2D eigenvalue weighted by Crippen LogP contribution is 2.25. The molecule has 0 fully saturated rings. The van der Waals surface area contributed by atoms with E-state index in [0.29, 0.717) is 18.5 Å². The molecular formula is C24H27N5O2S. The number of hydrogen-bond acceptors (Lipinski definition) is 5. The van der Waals surface area contributed by atoms with Crippen molar-refractivity contribution in [3.8, 4) is 11.3 Å². The second-order valence-corrected chi connectivity index (χ2v) is 9.22. The molecule has 166 valence electrons. The van der Waals surface area contributed by atoms with Crippen molar-refractivity contribution in [2.45, 2.75) is 39.7 Å². The van der Waals surface area contributed by atoms with Crippen LogP contribution in [0.15, 0.2) is 47.5 Å².